The van der Waals surface area contributed by atoms with Crippen LogP contribution in [0.3, 0.4) is 0 Å². The maximum atomic E-state index is 14.1. The van der Waals surface area contributed by atoms with Gasteiger partial charge in [-0.3, -0.25) is 0 Å². The SMILES string of the molecule is CC1CCC(O)(Cc2cccc(Cl)c2F)c2ccccc21. The van der Waals surface area contributed by atoms with Crippen molar-refractivity contribution in [2.75, 3.05) is 0 Å². The molecule has 2 aromatic rings. The molecular weight excluding hydrogens is 287 g/mol. The average molecular weight is 305 g/mol. The molecule has 2 aromatic carbocycles. The van der Waals surface area contributed by atoms with E-state index in [1.54, 1.807) is 12.1 Å². The molecule has 3 rings (SSSR count). The van der Waals surface area contributed by atoms with Crippen LogP contribution in [0.1, 0.15) is 42.4 Å². The minimum atomic E-state index is -1.02. The lowest BCUT2D eigenvalue weighted by molar-refractivity contribution is 0.0151. The van der Waals surface area contributed by atoms with Gasteiger partial charge >= 0.3 is 0 Å². The first kappa shape index (κ1) is 14.6. The molecule has 0 amide bonds. The highest BCUT2D eigenvalue weighted by atomic mass is 35.5. The van der Waals surface area contributed by atoms with Crippen LogP contribution < -0.4 is 0 Å². The predicted molar refractivity (Wildman–Crippen MR) is 83.1 cm³/mol. The third kappa shape index (κ3) is 2.58. The molecule has 0 aliphatic heterocycles. The second kappa shape index (κ2) is 5.43. The van der Waals surface area contributed by atoms with E-state index in [1.807, 2.05) is 18.2 Å². The van der Waals surface area contributed by atoms with Crippen LogP contribution in [0, 0.1) is 5.82 Å². The molecule has 21 heavy (non-hydrogen) atoms. The summed E-state index contributed by atoms with van der Waals surface area (Å²) >= 11 is 5.84. The van der Waals surface area contributed by atoms with Gasteiger partial charge in [0.25, 0.3) is 0 Å². The highest BCUT2D eigenvalue weighted by Crippen LogP contribution is 2.43. The lowest BCUT2D eigenvalue weighted by Crippen LogP contribution is -2.34. The minimum Gasteiger partial charge on any atom is -0.385 e. The number of fused-ring (bicyclic) bond motifs is 1. The summed E-state index contributed by atoms with van der Waals surface area (Å²) in [5, 5.41) is 11.2. The van der Waals surface area contributed by atoms with Crippen LogP contribution in [0.2, 0.25) is 5.02 Å². The smallest absolute Gasteiger partial charge is 0.145 e. The van der Waals surface area contributed by atoms with Crippen molar-refractivity contribution < 1.29 is 9.50 Å². The van der Waals surface area contributed by atoms with Crippen LogP contribution in [-0.4, -0.2) is 5.11 Å². The second-order valence-electron chi connectivity index (χ2n) is 5.95. The number of rotatable bonds is 2. The van der Waals surface area contributed by atoms with E-state index >= 15 is 0 Å². The van der Waals surface area contributed by atoms with Gasteiger partial charge in [-0.05, 0) is 41.5 Å². The molecule has 0 radical (unpaired) electrons. The molecule has 1 N–H and O–H groups in total. The maximum Gasteiger partial charge on any atom is 0.145 e. The van der Waals surface area contributed by atoms with Gasteiger partial charge in [-0.1, -0.05) is 54.9 Å². The quantitative estimate of drug-likeness (QED) is 0.844. The summed E-state index contributed by atoms with van der Waals surface area (Å²) in [5.74, 6) is -0.00521. The molecule has 0 bridgehead atoms. The van der Waals surface area contributed by atoms with Crippen molar-refractivity contribution in [1.29, 1.82) is 0 Å². The summed E-state index contributed by atoms with van der Waals surface area (Å²) in [4.78, 5) is 0. The van der Waals surface area contributed by atoms with Crippen molar-refractivity contribution >= 4 is 11.6 Å². The number of hydrogen-bond donors (Lipinski definition) is 1. The Labute approximate surface area is 129 Å². The molecule has 2 atom stereocenters. The van der Waals surface area contributed by atoms with Gasteiger partial charge in [-0.2, -0.15) is 0 Å². The van der Waals surface area contributed by atoms with Crippen LogP contribution in [0.4, 0.5) is 4.39 Å². The van der Waals surface area contributed by atoms with E-state index < -0.39 is 11.4 Å². The molecule has 2 unspecified atom stereocenters. The van der Waals surface area contributed by atoms with E-state index in [0.29, 0.717) is 17.9 Å². The fourth-order valence-corrected chi connectivity index (χ4v) is 3.47. The lowest BCUT2D eigenvalue weighted by Gasteiger charge is -2.37. The molecule has 0 heterocycles. The molecule has 1 nitrogen and oxygen atoms in total. The van der Waals surface area contributed by atoms with Gasteiger partial charge in [0.1, 0.15) is 5.82 Å². The molecule has 1 aliphatic rings. The van der Waals surface area contributed by atoms with Crippen LogP contribution in [0.5, 0.6) is 0 Å². The summed E-state index contributed by atoms with van der Waals surface area (Å²) in [6, 6.07) is 12.9. The van der Waals surface area contributed by atoms with Crippen LogP contribution in [0.25, 0.3) is 0 Å². The number of hydrogen-bond acceptors (Lipinski definition) is 1. The first-order chi connectivity index (χ1) is 10.0. The summed E-state index contributed by atoms with van der Waals surface area (Å²) < 4.78 is 14.1. The molecular formula is C18H18ClFO. The number of aliphatic hydroxyl groups is 1. The summed E-state index contributed by atoms with van der Waals surface area (Å²) in [5.41, 5.74) is 1.53. The predicted octanol–water partition coefficient (Wildman–Crippen LogP) is 4.81. The zero-order valence-electron chi connectivity index (χ0n) is 11.9. The van der Waals surface area contributed by atoms with Gasteiger partial charge in [0.2, 0.25) is 0 Å². The first-order valence-corrected chi connectivity index (χ1v) is 7.64. The van der Waals surface area contributed by atoms with E-state index in [1.165, 1.54) is 6.07 Å². The third-order valence-corrected chi connectivity index (χ3v) is 4.79. The van der Waals surface area contributed by atoms with E-state index in [9.17, 15) is 9.50 Å². The van der Waals surface area contributed by atoms with Crippen LogP contribution in [-0.2, 0) is 12.0 Å². The molecule has 110 valence electrons. The zero-order valence-corrected chi connectivity index (χ0v) is 12.7. The van der Waals surface area contributed by atoms with E-state index in [-0.39, 0.29) is 11.4 Å². The largest absolute Gasteiger partial charge is 0.385 e. The lowest BCUT2D eigenvalue weighted by atomic mass is 9.72. The highest BCUT2D eigenvalue weighted by molar-refractivity contribution is 6.30. The highest BCUT2D eigenvalue weighted by Gasteiger charge is 2.37. The van der Waals surface area contributed by atoms with E-state index in [2.05, 4.69) is 13.0 Å². The van der Waals surface area contributed by atoms with Crippen molar-refractivity contribution in [3.8, 4) is 0 Å². The zero-order chi connectivity index (χ0) is 15.0. The van der Waals surface area contributed by atoms with Gasteiger partial charge in [-0.15, -0.1) is 0 Å². The van der Waals surface area contributed by atoms with Crippen LogP contribution in [0.15, 0.2) is 42.5 Å². The van der Waals surface area contributed by atoms with E-state index in [0.717, 1.165) is 17.5 Å². The Morgan fingerprint density at radius 3 is 2.81 bits per heavy atom. The molecule has 0 fully saturated rings. The van der Waals surface area contributed by atoms with Crippen LogP contribution >= 0.6 is 11.6 Å². The summed E-state index contributed by atoms with van der Waals surface area (Å²) in [6.07, 6.45) is 1.79. The van der Waals surface area contributed by atoms with Gasteiger partial charge in [0.05, 0.1) is 10.6 Å². The summed E-state index contributed by atoms with van der Waals surface area (Å²) in [7, 11) is 0. The monoisotopic (exact) mass is 304 g/mol. The number of halogens is 2. The fourth-order valence-electron chi connectivity index (χ4n) is 3.28. The summed E-state index contributed by atoms with van der Waals surface area (Å²) in [6.45, 7) is 2.17. The molecule has 0 aromatic heterocycles. The topological polar surface area (TPSA) is 20.2 Å². The second-order valence-corrected chi connectivity index (χ2v) is 6.36. The minimum absolute atomic E-state index is 0.105. The van der Waals surface area contributed by atoms with Crippen molar-refractivity contribution in [3.05, 3.63) is 70.0 Å². The Balaban J connectivity index is 2.02. The Hall–Kier alpha value is -1.38. The standard InChI is InChI=1S/C18H18ClFO/c1-12-9-10-18(21,15-7-3-2-6-14(12)15)11-13-5-4-8-16(19)17(13)20/h2-8,12,21H,9-11H2,1H3. The van der Waals surface area contributed by atoms with Gasteiger partial charge in [-0.25, -0.2) is 4.39 Å². The van der Waals surface area contributed by atoms with Gasteiger partial charge in [0.15, 0.2) is 0 Å². The molecule has 0 spiro atoms. The maximum absolute atomic E-state index is 14.1. The molecule has 0 saturated carbocycles. The Morgan fingerprint density at radius 2 is 2.00 bits per heavy atom. The van der Waals surface area contributed by atoms with Crippen molar-refractivity contribution in [1.82, 2.24) is 0 Å². The molecule has 1 aliphatic carbocycles. The van der Waals surface area contributed by atoms with E-state index in [4.69, 9.17) is 11.6 Å². The van der Waals surface area contributed by atoms with Gasteiger partial charge in [0, 0.05) is 6.42 Å². The van der Waals surface area contributed by atoms with Crippen molar-refractivity contribution in [3.63, 3.8) is 0 Å². The Morgan fingerprint density at radius 1 is 1.24 bits per heavy atom. The Kier molecular flexibility index (Phi) is 3.76. The van der Waals surface area contributed by atoms with Crippen molar-refractivity contribution in [2.24, 2.45) is 0 Å². The fraction of sp³-hybridized carbons (Fsp3) is 0.333. The molecule has 3 heteroatoms. The average Bonchev–Trinajstić information content (AvgIpc) is 2.49. The third-order valence-electron chi connectivity index (χ3n) is 4.50. The normalized spacial score (nSPS) is 24.7. The number of benzene rings is 2. The first-order valence-electron chi connectivity index (χ1n) is 7.26. The Bertz CT molecular complexity index is 670. The van der Waals surface area contributed by atoms with Gasteiger partial charge < -0.3 is 5.11 Å². The molecule has 0 saturated heterocycles. The van der Waals surface area contributed by atoms with Crippen molar-refractivity contribution in [2.45, 2.75) is 37.7 Å².